The third-order valence-electron chi connectivity index (χ3n) is 1.74. The molecule has 1 heterocycles. The van der Waals surface area contributed by atoms with Crippen LogP contribution in [-0.4, -0.2) is 6.04 Å². The maximum atomic E-state index is 5.62. The van der Waals surface area contributed by atoms with Gasteiger partial charge in [-0.1, -0.05) is 19.4 Å². The highest BCUT2D eigenvalue weighted by molar-refractivity contribution is 7.12. The van der Waals surface area contributed by atoms with Gasteiger partial charge in [0, 0.05) is 15.8 Å². The maximum absolute atomic E-state index is 5.62. The van der Waals surface area contributed by atoms with Crippen molar-refractivity contribution in [2.75, 3.05) is 0 Å². The van der Waals surface area contributed by atoms with Crippen molar-refractivity contribution in [2.24, 2.45) is 5.73 Å². The molecule has 0 aliphatic rings. The molecule has 0 fully saturated rings. The standard InChI is InChI=1S/C11H17NS/c1-3-4-10-7-8-11(13-10)6-5-9(2)12/h5-9H,3-4,12H2,1-2H3/b6-5+. The number of aryl methyl sites for hydroxylation is 1. The predicted octanol–water partition coefficient (Wildman–Crippen LogP) is 3.06. The van der Waals surface area contributed by atoms with Gasteiger partial charge in [0.05, 0.1) is 0 Å². The van der Waals surface area contributed by atoms with E-state index in [9.17, 15) is 0 Å². The Bertz CT molecular complexity index is 273. The second kappa shape index (κ2) is 5.20. The smallest absolute Gasteiger partial charge is 0.0270 e. The van der Waals surface area contributed by atoms with Crippen LogP contribution in [-0.2, 0) is 6.42 Å². The molecule has 1 aromatic heterocycles. The van der Waals surface area contributed by atoms with Gasteiger partial charge in [-0.3, -0.25) is 0 Å². The summed E-state index contributed by atoms with van der Waals surface area (Å²) < 4.78 is 0. The largest absolute Gasteiger partial charge is 0.325 e. The van der Waals surface area contributed by atoms with E-state index in [1.807, 2.05) is 24.3 Å². The molecule has 0 aliphatic heterocycles. The first-order valence-electron chi connectivity index (χ1n) is 4.75. The fraction of sp³-hybridized carbons (Fsp3) is 0.455. The lowest BCUT2D eigenvalue weighted by molar-refractivity contribution is 0.931. The first-order chi connectivity index (χ1) is 6.22. The Balaban J connectivity index is 2.58. The molecule has 72 valence electrons. The van der Waals surface area contributed by atoms with Crippen molar-refractivity contribution in [2.45, 2.75) is 32.7 Å². The third-order valence-corrected chi connectivity index (χ3v) is 2.85. The van der Waals surface area contributed by atoms with E-state index in [4.69, 9.17) is 5.73 Å². The van der Waals surface area contributed by atoms with E-state index < -0.39 is 0 Å². The zero-order chi connectivity index (χ0) is 9.68. The second-order valence-corrected chi connectivity index (χ2v) is 4.47. The lowest BCUT2D eigenvalue weighted by atomic mass is 10.3. The fourth-order valence-electron chi connectivity index (χ4n) is 1.11. The van der Waals surface area contributed by atoms with E-state index in [-0.39, 0.29) is 6.04 Å². The van der Waals surface area contributed by atoms with Crippen LogP contribution in [0.25, 0.3) is 6.08 Å². The van der Waals surface area contributed by atoms with Crippen LogP contribution in [0, 0.1) is 0 Å². The van der Waals surface area contributed by atoms with Gasteiger partial charge in [-0.15, -0.1) is 11.3 Å². The molecule has 0 radical (unpaired) electrons. The van der Waals surface area contributed by atoms with E-state index in [0.717, 1.165) is 0 Å². The van der Waals surface area contributed by atoms with Crippen molar-refractivity contribution in [3.05, 3.63) is 28.0 Å². The monoisotopic (exact) mass is 195 g/mol. The summed E-state index contributed by atoms with van der Waals surface area (Å²) in [5, 5.41) is 0. The summed E-state index contributed by atoms with van der Waals surface area (Å²) in [4.78, 5) is 2.77. The Morgan fingerprint density at radius 2 is 2.31 bits per heavy atom. The summed E-state index contributed by atoms with van der Waals surface area (Å²) in [7, 11) is 0. The minimum Gasteiger partial charge on any atom is -0.325 e. The minimum absolute atomic E-state index is 0.150. The van der Waals surface area contributed by atoms with Crippen LogP contribution in [0.5, 0.6) is 0 Å². The molecule has 0 saturated heterocycles. The van der Waals surface area contributed by atoms with Crippen molar-refractivity contribution in [3.8, 4) is 0 Å². The number of hydrogen-bond acceptors (Lipinski definition) is 2. The van der Waals surface area contributed by atoms with Gasteiger partial charge in [0.25, 0.3) is 0 Å². The normalized spacial score (nSPS) is 13.8. The van der Waals surface area contributed by atoms with Gasteiger partial charge in [0.2, 0.25) is 0 Å². The number of thiophene rings is 1. The molecule has 0 amide bonds. The van der Waals surface area contributed by atoms with Gasteiger partial charge in [-0.2, -0.15) is 0 Å². The lowest BCUT2D eigenvalue weighted by Crippen LogP contribution is -2.09. The molecule has 0 saturated carbocycles. The minimum atomic E-state index is 0.150. The molecule has 1 aromatic rings. The topological polar surface area (TPSA) is 26.0 Å². The second-order valence-electron chi connectivity index (χ2n) is 3.27. The quantitative estimate of drug-likeness (QED) is 0.785. The van der Waals surface area contributed by atoms with E-state index >= 15 is 0 Å². The van der Waals surface area contributed by atoms with Crippen LogP contribution < -0.4 is 5.73 Å². The molecular formula is C11H17NS. The van der Waals surface area contributed by atoms with Crippen molar-refractivity contribution < 1.29 is 0 Å². The number of hydrogen-bond donors (Lipinski definition) is 1. The summed E-state index contributed by atoms with van der Waals surface area (Å²) >= 11 is 1.86. The van der Waals surface area contributed by atoms with Crippen LogP contribution in [0.3, 0.4) is 0 Å². The molecule has 0 spiro atoms. The van der Waals surface area contributed by atoms with Crippen LogP contribution in [0.1, 0.15) is 30.0 Å². The molecule has 1 nitrogen and oxygen atoms in total. The van der Waals surface area contributed by atoms with Crippen LogP contribution in [0.2, 0.25) is 0 Å². The highest BCUT2D eigenvalue weighted by Gasteiger charge is 1.95. The Hall–Kier alpha value is -0.600. The molecule has 2 heteroatoms. The van der Waals surface area contributed by atoms with Crippen LogP contribution >= 0.6 is 11.3 Å². The summed E-state index contributed by atoms with van der Waals surface area (Å²) in [5.74, 6) is 0. The summed E-state index contributed by atoms with van der Waals surface area (Å²) in [6, 6.07) is 4.51. The fourth-order valence-corrected chi connectivity index (χ4v) is 2.14. The van der Waals surface area contributed by atoms with Crippen molar-refractivity contribution in [3.63, 3.8) is 0 Å². The molecule has 2 N–H and O–H groups in total. The Labute approximate surface area is 84.3 Å². The molecule has 0 aromatic carbocycles. The average molecular weight is 195 g/mol. The van der Waals surface area contributed by atoms with E-state index in [1.54, 1.807) is 0 Å². The zero-order valence-corrected chi connectivity index (χ0v) is 9.10. The molecule has 13 heavy (non-hydrogen) atoms. The van der Waals surface area contributed by atoms with E-state index in [0.29, 0.717) is 0 Å². The van der Waals surface area contributed by atoms with Crippen LogP contribution in [0.15, 0.2) is 18.2 Å². The molecule has 1 rings (SSSR count). The van der Waals surface area contributed by atoms with Crippen LogP contribution in [0.4, 0.5) is 0 Å². The molecule has 1 unspecified atom stereocenters. The lowest BCUT2D eigenvalue weighted by Gasteiger charge is -1.92. The van der Waals surface area contributed by atoms with Gasteiger partial charge in [0.1, 0.15) is 0 Å². The zero-order valence-electron chi connectivity index (χ0n) is 8.29. The summed E-state index contributed by atoms with van der Waals surface area (Å²) in [5.41, 5.74) is 5.62. The Morgan fingerprint density at radius 3 is 2.92 bits per heavy atom. The van der Waals surface area contributed by atoms with Gasteiger partial charge >= 0.3 is 0 Å². The number of rotatable bonds is 4. The molecule has 1 atom stereocenters. The van der Waals surface area contributed by atoms with E-state index in [2.05, 4.69) is 25.1 Å². The van der Waals surface area contributed by atoms with Crippen molar-refractivity contribution in [1.29, 1.82) is 0 Å². The van der Waals surface area contributed by atoms with Gasteiger partial charge in [-0.05, 0) is 31.6 Å². The summed E-state index contributed by atoms with van der Waals surface area (Å²) in [6.45, 7) is 4.19. The molecular weight excluding hydrogens is 178 g/mol. The predicted molar refractivity (Wildman–Crippen MR) is 61.0 cm³/mol. The molecule has 0 aliphatic carbocycles. The van der Waals surface area contributed by atoms with Crippen molar-refractivity contribution >= 4 is 17.4 Å². The third kappa shape index (κ3) is 3.75. The molecule has 0 bridgehead atoms. The van der Waals surface area contributed by atoms with E-state index in [1.165, 1.54) is 22.6 Å². The number of nitrogens with two attached hydrogens (primary N) is 1. The van der Waals surface area contributed by atoms with Gasteiger partial charge in [-0.25, -0.2) is 0 Å². The Morgan fingerprint density at radius 1 is 1.54 bits per heavy atom. The highest BCUT2D eigenvalue weighted by Crippen LogP contribution is 2.19. The highest BCUT2D eigenvalue weighted by atomic mass is 32.1. The van der Waals surface area contributed by atoms with Crippen molar-refractivity contribution in [1.82, 2.24) is 0 Å². The maximum Gasteiger partial charge on any atom is 0.0270 e. The first-order valence-corrected chi connectivity index (χ1v) is 5.56. The van der Waals surface area contributed by atoms with Gasteiger partial charge < -0.3 is 5.73 Å². The SMILES string of the molecule is CCCc1ccc(/C=C/C(C)N)s1. The first kappa shape index (κ1) is 10.5. The average Bonchev–Trinajstić information content (AvgIpc) is 2.50. The van der Waals surface area contributed by atoms with Gasteiger partial charge in [0.15, 0.2) is 0 Å². The Kier molecular flexibility index (Phi) is 4.19. The summed E-state index contributed by atoms with van der Waals surface area (Å²) in [6.07, 6.45) is 6.55.